The van der Waals surface area contributed by atoms with Crippen LogP contribution in [0.1, 0.15) is 35.1 Å². The molecule has 122 valence electrons. The molecule has 0 radical (unpaired) electrons. The van der Waals surface area contributed by atoms with Gasteiger partial charge in [0.05, 0.1) is 16.5 Å². The number of rotatable bonds is 3. The Morgan fingerprint density at radius 3 is 2.83 bits per heavy atom. The van der Waals surface area contributed by atoms with E-state index in [0.29, 0.717) is 11.4 Å². The average molecular weight is 349 g/mol. The number of primary amides is 1. The van der Waals surface area contributed by atoms with Crippen LogP contribution in [0.4, 0.5) is 0 Å². The molecule has 5 nitrogen and oxygen atoms in total. The molecule has 1 aliphatic rings. The number of piperidine rings is 1. The van der Waals surface area contributed by atoms with Crippen molar-refractivity contribution in [1.82, 2.24) is 9.88 Å². The Kier molecular flexibility index (Phi) is 4.50. The van der Waals surface area contributed by atoms with Crippen molar-refractivity contribution in [2.75, 3.05) is 6.54 Å². The van der Waals surface area contributed by atoms with Crippen LogP contribution in [-0.4, -0.2) is 34.3 Å². The number of thiophene rings is 1. The standard InChI is InChI=1S/C16H19N3O2S2/c1-9-5-6-11(14(17)20)8-19(9)16(21)13-10(2)18-15(23-13)12-4-3-7-22-12/h3-4,7,9,11H,5-6,8H2,1-2H3,(H2,17,20)/t9-,11-/m1/s1. The predicted octanol–water partition coefficient (Wildman–Crippen LogP) is 2.91. The van der Waals surface area contributed by atoms with E-state index >= 15 is 0 Å². The SMILES string of the molecule is Cc1nc(-c2cccs2)sc1C(=O)N1C[C@H](C(N)=O)CC[C@H]1C. The fourth-order valence-corrected chi connectivity index (χ4v) is 4.67. The lowest BCUT2D eigenvalue weighted by atomic mass is 9.93. The summed E-state index contributed by atoms with van der Waals surface area (Å²) in [7, 11) is 0. The first-order valence-electron chi connectivity index (χ1n) is 7.59. The van der Waals surface area contributed by atoms with Crippen LogP contribution >= 0.6 is 22.7 Å². The highest BCUT2D eigenvalue weighted by Crippen LogP contribution is 2.33. The number of hydrogen-bond donors (Lipinski definition) is 1. The van der Waals surface area contributed by atoms with Gasteiger partial charge in [0, 0.05) is 12.6 Å². The Bertz CT molecular complexity index is 724. The zero-order valence-corrected chi connectivity index (χ0v) is 14.7. The second-order valence-electron chi connectivity index (χ2n) is 5.89. The Balaban J connectivity index is 1.86. The van der Waals surface area contributed by atoms with Gasteiger partial charge in [0.1, 0.15) is 9.88 Å². The normalized spacial score (nSPS) is 21.4. The highest BCUT2D eigenvalue weighted by atomic mass is 32.1. The molecule has 1 aliphatic heterocycles. The van der Waals surface area contributed by atoms with Crippen LogP contribution in [0.2, 0.25) is 0 Å². The van der Waals surface area contributed by atoms with Crippen LogP contribution in [0, 0.1) is 12.8 Å². The number of aryl methyl sites for hydroxylation is 1. The molecule has 2 aromatic heterocycles. The van der Waals surface area contributed by atoms with E-state index in [0.717, 1.165) is 28.4 Å². The molecule has 0 aromatic carbocycles. The minimum absolute atomic E-state index is 0.0405. The minimum Gasteiger partial charge on any atom is -0.369 e. The van der Waals surface area contributed by atoms with Gasteiger partial charge in [-0.1, -0.05) is 6.07 Å². The summed E-state index contributed by atoms with van der Waals surface area (Å²) in [6.45, 7) is 4.29. The summed E-state index contributed by atoms with van der Waals surface area (Å²) in [5, 5.41) is 2.87. The molecule has 2 atom stereocenters. The first-order chi connectivity index (χ1) is 11.0. The van der Waals surface area contributed by atoms with E-state index in [9.17, 15) is 9.59 Å². The number of aromatic nitrogens is 1. The van der Waals surface area contributed by atoms with Crippen molar-refractivity contribution in [2.45, 2.75) is 32.7 Å². The zero-order chi connectivity index (χ0) is 16.6. The van der Waals surface area contributed by atoms with E-state index in [1.165, 1.54) is 11.3 Å². The summed E-state index contributed by atoms with van der Waals surface area (Å²) in [6.07, 6.45) is 1.55. The number of thiazole rings is 1. The maximum Gasteiger partial charge on any atom is 0.266 e. The Hall–Kier alpha value is -1.73. The summed E-state index contributed by atoms with van der Waals surface area (Å²) in [4.78, 5) is 32.4. The smallest absolute Gasteiger partial charge is 0.266 e. The van der Waals surface area contributed by atoms with Crippen LogP contribution in [-0.2, 0) is 4.79 Å². The Labute approximate surface area is 143 Å². The molecule has 2 N–H and O–H groups in total. The summed E-state index contributed by atoms with van der Waals surface area (Å²) >= 11 is 3.03. The van der Waals surface area contributed by atoms with Crippen molar-refractivity contribution >= 4 is 34.5 Å². The predicted molar refractivity (Wildman–Crippen MR) is 92.6 cm³/mol. The van der Waals surface area contributed by atoms with E-state index in [-0.39, 0.29) is 23.8 Å². The average Bonchev–Trinajstić information content (AvgIpc) is 3.16. The lowest BCUT2D eigenvalue weighted by molar-refractivity contribution is -0.123. The molecule has 1 saturated heterocycles. The monoisotopic (exact) mass is 349 g/mol. The number of likely N-dealkylation sites (tertiary alicyclic amines) is 1. The number of amides is 2. The highest BCUT2D eigenvalue weighted by molar-refractivity contribution is 7.22. The van der Waals surface area contributed by atoms with Gasteiger partial charge in [-0.05, 0) is 38.1 Å². The van der Waals surface area contributed by atoms with Crippen molar-refractivity contribution in [3.63, 3.8) is 0 Å². The minimum atomic E-state index is -0.324. The molecular weight excluding hydrogens is 330 g/mol. The van der Waals surface area contributed by atoms with Crippen molar-refractivity contribution in [1.29, 1.82) is 0 Å². The number of carbonyl (C=O) groups excluding carboxylic acids is 2. The van der Waals surface area contributed by atoms with Crippen molar-refractivity contribution in [3.8, 4) is 9.88 Å². The van der Waals surface area contributed by atoms with Gasteiger partial charge < -0.3 is 10.6 Å². The second kappa shape index (κ2) is 6.41. The maximum atomic E-state index is 12.9. The third kappa shape index (κ3) is 3.16. The summed E-state index contributed by atoms with van der Waals surface area (Å²) in [6, 6.07) is 4.09. The Morgan fingerprint density at radius 2 is 2.17 bits per heavy atom. The van der Waals surface area contributed by atoms with E-state index in [1.54, 1.807) is 16.2 Å². The molecule has 1 fully saturated rings. The molecule has 23 heavy (non-hydrogen) atoms. The molecule has 2 aromatic rings. The molecule has 0 aliphatic carbocycles. The van der Waals surface area contributed by atoms with E-state index < -0.39 is 0 Å². The maximum absolute atomic E-state index is 12.9. The quantitative estimate of drug-likeness (QED) is 0.925. The molecule has 3 rings (SSSR count). The molecule has 2 amide bonds. The summed E-state index contributed by atoms with van der Waals surface area (Å²) in [5.41, 5.74) is 6.17. The largest absolute Gasteiger partial charge is 0.369 e. The van der Waals surface area contributed by atoms with Gasteiger partial charge >= 0.3 is 0 Å². The van der Waals surface area contributed by atoms with Gasteiger partial charge in [-0.3, -0.25) is 9.59 Å². The topological polar surface area (TPSA) is 76.3 Å². The van der Waals surface area contributed by atoms with Crippen LogP contribution in [0.3, 0.4) is 0 Å². The number of nitrogens with two attached hydrogens (primary N) is 1. The van der Waals surface area contributed by atoms with E-state index in [1.807, 2.05) is 31.4 Å². The number of nitrogens with zero attached hydrogens (tertiary/aromatic N) is 2. The lowest BCUT2D eigenvalue weighted by Crippen LogP contribution is -2.48. The van der Waals surface area contributed by atoms with Crippen LogP contribution < -0.4 is 5.73 Å². The van der Waals surface area contributed by atoms with Crippen LogP contribution in [0.15, 0.2) is 17.5 Å². The van der Waals surface area contributed by atoms with Gasteiger partial charge in [-0.2, -0.15) is 0 Å². The van der Waals surface area contributed by atoms with Crippen molar-refractivity contribution in [3.05, 3.63) is 28.1 Å². The third-order valence-corrected chi connectivity index (χ3v) is 6.45. The van der Waals surface area contributed by atoms with Crippen LogP contribution in [0.5, 0.6) is 0 Å². The first kappa shape index (κ1) is 16.1. The lowest BCUT2D eigenvalue weighted by Gasteiger charge is -2.36. The zero-order valence-electron chi connectivity index (χ0n) is 13.1. The molecular formula is C16H19N3O2S2. The molecule has 0 bridgehead atoms. The fraction of sp³-hybridized carbons (Fsp3) is 0.438. The summed E-state index contributed by atoms with van der Waals surface area (Å²) < 4.78 is 0. The molecule has 3 heterocycles. The summed E-state index contributed by atoms with van der Waals surface area (Å²) in [5.74, 6) is -0.614. The third-order valence-electron chi connectivity index (χ3n) is 4.27. The van der Waals surface area contributed by atoms with Crippen LogP contribution in [0.25, 0.3) is 9.88 Å². The first-order valence-corrected chi connectivity index (χ1v) is 9.28. The van der Waals surface area contributed by atoms with E-state index in [2.05, 4.69) is 4.98 Å². The van der Waals surface area contributed by atoms with Crippen molar-refractivity contribution < 1.29 is 9.59 Å². The Morgan fingerprint density at radius 1 is 1.39 bits per heavy atom. The molecule has 0 saturated carbocycles. The van der Waals surface area contributed by atoms with Gasteiger partial charge in [0.2, 0.25) is 5.91 Å². The molecule has 0 unspecified atom stereocenters. The van der Waals surface area contributed by atoms with Gasteiger partial charge in [0.15, 0.2) is 0 Å². The highest BCUT2D eigenvalue weighted by Gasteiger charge is 2.33. The number of hydrogen-bond acceptors (Lipinski definition) is 5. The molecule has 7 heteroatoms. The van der Waals surface area contributed by atoms with Gasteiger partial charge in [0.25, 0.3) is 5.91 Å². The number of carbonyl (C=O) groups is 2. The fourth-order valence-electron chi connectivity index (χ4n) is 2.85. The van der Waals surface area contributed by atoms with Gasteiger partial charge in [-0.25, -0.2) is 4.98 Å². The van der Waals surface area contributed by atoms with Gasteiger partial charge in [-0.15, -0.1) is 22.7 Å². The van der Waals surface area contributed by atoms with E-state index in [4.69, 9.17) is 5.73 Å². The second-order valence-corrected chi connectivity index (χ2v) is 7.84. The molecule has 0 spiro atoms. The van der Waals surface area contributed by atoms with Crippen molar-refractivity contribution in [2.24, 2.45) is 11.7 Å².